The van der Waals surface area contributed by atoms with E-state index in [1.165, 1.54) is 6.26 Å². The van der Waals surface area contributed by atoms with Crippen LogP contribution in [-0.2, 0) is 0 Å². The van der Waals surface area contributed by atoms with Crippen molar-refractivity contribution in [2.45, 2.75) is 6.92 Å². The van der Waals surface area contributed by atoms with Crippen LogP contribution < -0.4 is 0 Å². The second-order valence-electron chi connectivity index (χ2n) is 3.92. The lowest BCUT2D eigenvalue weighted by molar-refractivity contribution is 0.423. The van der Waals surface area contributed by atoms with Gasteiger partial charge < -0.3 is 14.0 Å². The molecule has 0 bridgehead atoms. The first-order chi connectivity index (χ1) is 8.74. The Hall–Kier alpha value is -2.56. The lowest BCUT2D eigenvalue weighted by Crippen LogP contribution is -1.81. The molecule has 0 fully saturated rings. The van der Waals surface area contributed by atoms with E-state index in [-0.39, 0.29) is 11.6 Å². The van der Waals surface area contributed by atoms with Crippen LogP contribution in [0.3, 0.4) is 0 Å². The zero-order chi connectivity index (χ0) is 12.5. The van der Waals surface area contributed by atoms with Crippen molar-refractivity contribution in [3.63, 3.8) is 0 Å². The van der Waals surface area contributed by atoms with Crippen LogP contribution in [0, 0.1) is 6.92 Å². The van der Waals surface area contributed by atoms with Gasteiger partial charge in [-0.15, -0.1) is 0 Å². The van der Waals surface area contributed by atoms with Gasteiger partial charge in [-0.1, -0.05) is 11.2 Å². The van der Waals surface area contributed by atoms with Crippen LogP contribution in [0.1, 0.15) is 5.56 Å². The highest BCUT2D eigenvalue weighted by molar-refractivity contribution is 5.64. The standard InChI is InChI=1S/C13H10N2O3/c1-8-4-5-9(10(16)7-8)13-14-12(15-18-13)11-3-2-6-17-11/h2-7,16H,1H3. The Morgan fingerprint density at radius 1 is 1.22 bits per heavy atom. The molecule has 90 valence electrons. The largest absolute Gasteiger partial charge is 0.507 e. The van der Waals surface area contributed by atoms with Crippen LogP contribution in [0.2, 0.25) is 0 Å². The minimum atomic E-state index is 0.115. The van der Waals surface area contributed by atoms with Gasteiger partial charge in [0, 0.05) is 0 Å². The lowest BCUT2D eigenvalue weighted by atomic mass is 10.1. The van der Waals surface area contributed by atoms with Crippen LogP contribution in [0.25, 0.3) is 23.0 Å². The van der Waals surface area contributed by atoms with E-state index in [1.807, 2.05) is 13.0 Å². The normalized spacial score (nSPS) is 10.7. The Kier molecular flexibility index (Phi) is 2.37. The molecule has 2 aromatic heterocycles. The first kappa shape index (κ1) is 10.6. The summed E-state index contributed by atoms with van der Waals surface area (Å²) in [5.74, 6) is 1.26. The molecule has 0 atom stereocenters. The predicted molar refractivity (Wildman–Crippen MR) is 63.8 cm³/mol. The van der Waals surface area contributed by atoms with Crippen LogP contribution in [0.15, 0.2) is 45.5 Å². The van der Waals surface area contributed by atoms with Gasteiger partial charge in [-0.2, -0.15) is 4.98 Å². The van der Waals surface area contributed by atoms with Gasteiger partial charge in [-0.3, -0.25) is 0 Å². The topological polar surface area (TPSA) is 72.3 Å². The average Bonchev–Trinajstić information content (AvgIpc) is 2.99. The van der Waals surface area contributed by atoms with Crippen LogP contribution >= 0.6 is 0 Å². The Balaban J connectivity index is 2.03. The molecule has 3 rings (SSSR count). The molecular formula is C13H10N2O3. The molecular weight excluding hydrogens is 232 g/mol. The molecule has 0 saturated carbocycles. The van der Waals surface area contributed by atoms with Crippen molar-refractivity contribution in [2.24, 2.45) is 0 Å². The van der Waals surface area contributed by atoms with Crippen molar-refractivity contribution in [3.05, 3.63) is 42.2 Å². The summed E-state index contributed by atoms with van der Waals surface area (Å²) < 4.78 is 10.3. The Morgan fingerprint density at radius 2 is 2.11 bits per heavy atom. The molecule has 0 unspecified atom stereocenters. The summed E-state index contributed by atoms with van der Waals surface area (Å²) in [5.41, 5.74) is 1.47. The van der Waals surface area contributed by atoms with Gasteiger partial charge in [0.1, 0.15) is 5.75 Å². The number of aromatic nitrogens is 2. The first-order valence-electron chi connectivity index (χ1n) is 5.41. The van der Waals surface area contributed by atoms with Gasteiger partial charge in [0.25, 0.3) is 5.89 Å². The Bertz CT molecular complexity index is 671. The van der Waals surface area contributed by atoms with E-state index in [4.69, 9.17) is 8.94 Å². The van der Waals surface area contributed by atoms with E-state index in [0.717, 1.165) is 5.56 Å². The number of benzene rings is 1. The highest BCUT2D eigenvalue weighted by Gasteiger charge is 2.15. The number of nitrogens with zero attached hydrogens (tertiary/aromatic N) is 2. The fourth-order valence-electron chi connectivity index (χ4n) is 1.66. The van der Waals surface area contributed by atoms with Gasteiger partial charge in [0.2, 0.25) is 5.82 Å². The van der Waals surface area contributed by atoms with Crippen molar-refractivity contribution in [1.82, 2.24) is 10.1 Å². The minimum Gasteiger partial charge on any atom is -0.507 e. The maximum Gasteiger partial charge on any atom is 0.262 e. The van der Waals surface area contributed by atoms with E-state index in [1.54, 1.807) is 24.3 Å². The van der Waals surface area contributed by atoms with Gasteiger partial charge in [-0.25, -0.2) is 0 Å². The molecule has 0 aliphatic rings. The lowest BCUT2D eigenvalue weighted by Gasteiger charge is -1.99. The summed E-state index contributed by atoms with van der Waals surface area (Å²) in [6, 6.07) is 8.74. The highest BCUT2D eigenvalue weighted by Crippen LogP contribution is 2.30. The third-order valence-corrected chi connectivity index (χ3v) is 2.55. The van der Waals surface area contributed by atoms with Gasteiger partial charge in [0.15, 0.2) is 5.76 Å². The second kappa shape index (κ2) is 4.03. The number of hydrogen-bond acceptors (Lipinski definition) is 5. The fraction of sp³-hybridized carbons (Fsp3) is 0.0769. The number of rotatable bonds is 2. The smallest absolute Gasteiger partial charge is 0.262 e. The molecule has 1 aromatic carbocycles. The molecule has 2 heterocycles. The van der Waals surface area contributed by atoms with Gasteiger partial charge in [0.05, 0.1) is 11.8 Å². The summed E-state index contributed by atoms with van der Waals surface area (Å²) in [5, 5.41) is 13.6. The van der Waals surface area contributed by atoms with Crippen molar-refractivity contribution in [3.8, 4) is 28.8 Å². The number of aryl methyl sites for hydroxylation is 1. The summed E-state index contributed by atoms with van der Waals surface area (Å²) in [6.45, 7) is 1.89. The molecule has 1 N–H and O–H groups in total. The Labute approximate surface area is 103 Å². The van der Waals surface area contributed by atoms with Crippen molar-refractivity contribution >= 4 is 0 Å². The van der Waals surface area contributed by atoms with Crippen LogP contribution in [0.4, 0.5) is 0 Å². The SMILES string of the molecule is Cc1ccc(-c2nc(-c3ccco3)no2)c(O)c1. The first-order valence-corrected chi connectivity index (χ1v) is 5.41. The zero-order valence-corrected chi connectivity index (χ0v) is 9.62. The minimum absolute atomic E-state index is 0.115. The van der Waals surface area contributed by atoms with Crippen LogP contribution in [0.5, 0.6) is 5.75 Å². The van der Waals surface area contributed by atoms with E-state index in [0.29, 0.717) is 17.1 Å². The number of furan rings is 1. The maximum absolute atomic E-state index is 9.83. The Morgan fingerprint density at radius 3 is 2.83 bits per heavy atom. The monoisotopic (exact) mass is 242 g/mol. The van der Waals surface area contributed by atoms with Crippen molar-refractivity contribution in [1.29, 1.82) is 0 Å². The summed E-state index contributed by atoms with van der Waals surface area (Å²) in [7, 11) is 0. The predicted octanol–water partition coefficient (Wildman–Crippen LogP) is 3.01. The van der Waals surface area contributed by atoms with Crippen molar-refractivity contribution < 1.29 is 14.0 Å². The molecule has 5 nitrogen and oxygen atoms in total. The van der Waals surface area contributed by atoms with Gasteiger partial charge >= 0.3 is 0 Å². The highest BCUT2D eigenvalue weighted by atomic mass is 16.5. The molecule has 5 heteroatoms. The molecule has 0 amide bonds. The molecule has 0 radical (unpaired) electrons. The van der Waals surface area contributed by atoms with E-state index in [2.05, 4.69) is 10.1 Å². The van der Waals surface area contributed by atoms with E-state index >= 15 is 0 Å². The number of hydrogen-bond donors (Lipinski definition) is 1. The van der Waals surface area contributed by atoms with E-state index in [9.17, 15) is 5.11 Å². The third-order valence-electron chi connectivity index (χ3n) is 2.55. The second-order valence-corrected chi connectivity index (χ2v) is 3.92. The third kappa shape index (κ3) is 1.75. The molecule has 0 aliphatic carbocycles. The summed E-state index contributed by atoms with van der Waals surface area (Å²) in [6.07, 6.45) is 1.54. The zero-order valence-electron chi connectivity index (χ0n) is 9.62. The fourth-order valence-corrected chi connectivity index (χ4v) is 1.66. The van der Waals surface area contributed by atoms with Crippen molar-refractivity contribution in [2.75, 3.05) is 0 Å². The quantitative estimate of drug-likeness (QED) is 0.747. The van der Waals surface area contributed by atoms with Crippen LogP contribution in [-0.4, -0.2) is 15.2 Å². The number of aromatic hydroxyl groups is 1. The number of phenolic OH excluding ortho intramolecular Hbond substituents is 1. The molecule has 0 saturated heterocycles. The molecule has 0 spiro atoms. The van der Waals surface area contributed by atoms with E-state index < -0.39 is 0 Å². The number of phenols is 1. The maximum atomic E-state index is 9.83. The van der Waals surface area contributed by atoms with Gasteiger partial charge in [-0.05, 0) is 36.8 Å². The summed E-state index contributed by atoms with van der Waals surface area (Å²) in [4.78, 5) is 4.18. The summed E-state index contributed by atoms with van der Waals surface area (Å²) >= 11 is 0. The average molecular weight is 242 g/mol. The molecule has 0 aliphatic heterocycles. The molecule has 18 heavy (non-hydrogen) atoms. The molecule has 3 aromatic rings.